The van der Waals surface area contributed by atoms with Crippen LogP contribution < -0.4 is 0 Å². The van der Waals surface area contributed by atoms with E-state index >= 15 is 0 Å². The Morgan fingerprint density at radius 3 is 2.33 bits per heavy atom. The molecule has 1 aliphatic heterocycles. The van der Waals surface area contributed by atoms with E-state index in [0.717, 1.165) is 4.48 Å². The Kier molecular flexibility index (Phi) is 2.28. The van der Waals surface area contributed by atoms with Gasteiger partial charge in [0.05, 0.1) is 14.1 Å². The first-order chi connectivity index (χ1) is 7.09. The van der Waals surface area contributed by atoms with Gasteiger partial charge in [0.1, 0.15) is 18.0 Å². The average molecular weight is 201 g/mol. The normalized spacial score (nSPS) is 32.8. The highest BCUT2D eigenvalue weighted by Gasteiger charge is 2.56. The lowest BCUT2D eigenvalue weighted by molar-refractivity contribution is -0.975. The zero-order valence-corrected chi connectivity index (χ0v) is 9.51. The number of hydrogen-bond acceptors (Lipinski definition) is 1. The van der Waals surface area contributed by atoms with Crippen molar-refractivity contribution in [2.75, 3.05) is 14.1 Å². The minimum Gasteiger partial charge on any atom is -0.311 e. The third-order valence-electron chi connectivity index (χ3n) is 3.94. The van der Waals surface area contributed by atoms with Crippen molar-refractivity contribution >= 4 is 0 Å². The number of benzene rings is 1. The van der Waals surface area contributed by atoms with E-state index in [1.807, 2.05) is 6.07 Å². The van der Waals surface area contributed by atoms with Crippen LogP contribution in [0.5, 0.6) is 0 Å². The van der Waals surface area contributed by atoms with Gasteiger partial charge in [-0.05, 0) is 12.5 Å². The van der Waals surface area contributed by atoms with E-state index in [9.17, 15) is 5.26 Å². The molecular weight excluding hydrogens is 184 g/mol. The van der Waals surface area contributed by atoms with E-state index in [0.29, 0.717) is 12.0 Å². The summed E-state index contributed by atoms with van der Waals surface area (Å²) >= 11 is 0. The maximum Gasteiger partial charge on any atom is 0.188 e. The molecule has 0 N–H and O–H groups in total. The third-order valence-corrected chi connectivity index (χ3v) is 3.94. The number of likely N-dealkylation sites (tertiary alicyclic amines) is 1. The number of quaternary nitrogens is 1. The topological polar surface area (TPSA) is 23.8 Å². The molecule has 1 heterocycles. The molecule has 0 unspecified atom stereocenters. The first-order valence-corrected chi connectivity index (χ1v) is 5.37. The predicted molar refractivity (Wildman–Crippen MR) is 60.2 cm³/mol. The molecule has 1 fully saturated rings. The molecule has 0 aromatic heterocycles. The van der Waals surface area contributed by atoms with Crippen LogP contribution in [-0.4, -0.2) is 30.7 Å². The second-order valence-electron chi connectivity index (χ2n) is 4.88. The molecule has 0 bridgehead atoms. The molecular formula is C13H17N2+. The predicted octanol–water partition coefficient (Wildman–Crippen LogP) is 2.14. The van der Waals surface area contributed by atoms with Crippen LogP contribution in [0.1, 0.15) is 18.4 Å². The van der Waals surface area contributed by atoms with Crippen molar-refractivity contribution in [1.29, 1.82) is 5.26 Å². The van der Waals surface area contributed by atoms with Crippen LogP contribution >= 0.6 is 0 Å². The fourth-order valence-corrected chi connectivity index (χ4v) is 2.61. The molecule has 78 valence electrons. The molecule has 0 radical (unpaired) electrons. The fraction of sp³-hybridized carbons (Fsp3) is 0.462. The molecule has 2 nitrogen and oxygen atoms in total. The number of likely N-dealkylation sites (N-methyl/N-ethyl adjacent to an activating group) is 1. The van der Waals surface area contributed by atoms with E-state index in [2.05, 4.69) is 51.4 Å². The van der Waals surface area contributed by atoms with Crippen LogP contribution in [-0.2, 0) is 0 Å². The van der Waals surface area contributed by atoms with Gasteiger partial charge in [0.15, 0.2) is 6.04 Å². The molecule has 2 rings (SSSR count). The van der Waals surface area contributed by atoms with Gasteiger partial charge in [-0.15, -0.1) is 0 Å². The Hall–Kier alpha value is -1.33. The maximum atomic E-state index is 9.21. The van der Waals surface area contributed by atoms with Crippen LogP contribution in [0, 0.1) is 11.3 Å². The molecule has 2 heteroatoms. The van der Waals surface area contributed by atoms with E-state index < -0.39 is 0 Å². The lowest BCUT2D eigenvalue weighted by Crippen LogP contribution is -2.70. The summed E-state index contributed by atoms with van der Waals surface area (Å²) in [6, 6.07) is 13.4. The summed E-state index contributed by atoms with van der Waals surface area (Å²) in [6.07, 6.45) is 0. The molecule has 1 aromatic carbocycles. The molecule has 1 aromatic rings. The summed E-state index contributed by atoms with van der Waals surface area (Å²) in [6.45, 7) is 2.23. The van der Waals surface area contributed by atoms with E-state index in [4.69, 9.17) is 0 Å². The largest absolute Gasteiger partial charge is 0.311 e. The zero-order valence-electron chi connectivity index (χ0n) is 9.51. The second-order valence-corrected chi connectivity index (χ2v) is 4.88. The Balaban J connectivity index is 2.30. The van der Waals surface area contributed by atoms with Crippen molar-refractivity contribution in [3.8, 4) is 6.07 Å². The van der Waals surface area contributed by atoms with Gasteiger partial charge in [-0.2, -0.15) is 5.26 Å². The van der Waals surface area contributed by atoms with Crippen LogP contribution in [0.25, 0.3) is 0 Å². The van der Waals surface area contributed by atoms with Crippen LogP contribution in [0.15, 0.2) is 30.3 Å². The zero-order chi connectivity index (χ0) is 11.1. The van der Waals surface area contributed by atoms with Crippen molar-refractivity contribution < 1.29 is 4.48 Å². The summed E-state index contributed by atoms with van der Waals surface area (Å²) in [5.74, 6) is 0.395. The monoisotopic (exact) mass is 201 g/mol. The smallest absolute Gasteiger partial charge is 0.188 e. The Morgan fingerprint density at radius 2 is 1.80 bits per heavy atom. The summed E-state index contributed by atoms with van der Waals surface area (Å²) in [4.78, 5) is 0. The Morgan fingerprint density at radius 1 is 1.20 bits per heavy atom. The van der Waals surface area contributed by atoms with Gasteiger partial charge in [-0.1, -0.05) is 30.3 Å². The highest BCUT2D eigenvalue weighted by Crippen LogP contribution is 2.43. The average Bonchev–Trinajstić information content (AvgIpc) is 2.25. The highest BCUT2D eigenvalue weighted by atomic mass is 15.4. The van der Waals surface area contributed by atoms with Crippen molar-refractivity contribution in [1.82, 2.24) is 0 Å². The fourth-order valence-electron chi connectivity index (χ4n) is 2.61. The van der Waals surface area contributed by atoms with Gasteiger partial charge in [-0.3, -0.25) is 0 Å². The Labute approximate surface area is 91.3 Å². The summed E-state index contributed by atoms with van der Waals surface area (Å²) in [7, 11) is 4.27. The van der Waals surface area contributed by atoms with Crippen molar-refractivity contribution in [3.05, 3.63) is 35.9 Å². The van der Waals surface area contributed by atoms with Crippen molar-refractivity contribution in [2.24, 2.45) is 0 Å². The van der Waals surface area contributed by atoms with Crippen LogP contribution in [0.4, 0.5) is 0 Å². The molecule has 0 spiro atoms. The van der Waals surface area contributed by atoms with Gasteiger partial charge in [0.25, 0.3) is 0 Å². The lowest BCUT2D eigenvalue weighted by Gasteiger charge is -2.55. The van der Waals surface area contributed by atoms with Gasteiger partial charge in [0, 0.05) is 0 Å². The molecule has 0 saturated carbocycles. The summed E-state index contributed by atoms with van der Waals surface area (Å²) < 4.78 is 0.816. The molecule has 0 aliphatic carbocycles. The second kappa shape index (κ2) is 3.36. The van der Waals surface area contributed by atoms with Crippen LogP contribution in [0.3, 0.4) is 0 Å². The van der Waals surface area contributed by atoms with E-state index in [1.54, 1.807) is 0 Å². The lowest BCUT2D eigenvalue weighted by atomic mass is 9.74. The molecule has 1 saturated heterocycles. The van der Waals surface area contributed by atoms with Crippen molar-refractivity contribution in [2.45, 2.75) is 24.9 Å². The first kappa shape index (κ1) is 10.2. The minimum atomic E-state index is 0.0994. The number of nitrogens with zero attached hydrogens (tertiary/aromatic N) is 2. The molecule has 1 aliphatic rings. The minimum absolute atomic E-state index is 0.0994. The highest BCUT2D eigenvalue weighted by molar-refractivity contribution is 5.27. The van der Waals surface area contributed by atoms with E-state index in [1.165, 1.54) is 5.56 Å². The summed E-state index contributed by atoms with van der Waals surface area (Å²) in [5.41, 5.74) is 1.30. The van der Waals surface area contributed by atoms with Gasteiger partial charge in [-0.25, -0.2) is 0 Å². The first-order valence-electron chi connectivity index (χ1n) is 5.37. The molecule has 0 amide bonds. The van der Waals surface area contributed by atoms with Crippen LogP contribution in [0.2, 0.25) is 0 Å². The van der Waals surface area contributed by atoms with Gasteiger partial charge >= 0.3 is 0 Å². The third kappa shape index (κ3) is 1.35. The quantitative estimate of drug-likeness (QED) is 0.639. The van der Waals surface area contributed by atoms with Gasteiger partial charge < -0.3 is 4.48 Å². The van der Waals surface area contributed by atoms with E-state index in [-0.39, 0.29) is 6.04 Å². The molecule has 15 heavy (non-hydrogen) atoms. The molecule has 3 atom stereocenters. The van der Waals surface area contributed by atoms with Gasteiger partial charge in [0.2, 0.25) is 0 Å². The van der Waals surface area contributed by atoms with Crippen molar-refractivity contribution in [3.63, 3.8) is 0 Å². The summed E-state index contributed by atoms with van der Waals surface area (Å²) in [5, 5.41) is 9.21. The SMILES string of the molecule is C[C@H]1[C@H](c2ccccc2)[C@H](C#N)[N+]1(C)C. The maximum absolute atomic E-state index is 9.21. The number of rotatable bonds is 1. The number of hydrogen-bond donors (Lipinski definition) is 0. The number of nitriles is 1. The standard InChI is InChI=1S/C13H17N2/c1-10-13(11-7-5-4-6-8-11)12(9-14)15(10,2)3/h4-8,10,12-13H,1-3H3/q+1/t10-,12-,13+/m0/s1. The Bertz CT molecular complexity index is 389.